The van der Waals surface area contributed by atoms with Gasteiger partial charge in [-0.1, -0.05) is 39.5 Å². The Morgan fingerprint density at radius 2 is 2.05 bits per heavy atom. The summed E-state index contributed by atoms with van der Waals surface area (Å²) in [6, 6.07) is 9.31. The number of H-pyrrole nitrogens is 1. The van der Waals surface area contributed by atoms with Crippen molar-refractivity contribution in [1.82, 2.24) is 9.88 Å². The van der Waals surface area contributed by atoms with Crippen LogP contribution in [0.25, 0.3) is 16.6 Å². The summed E-state index contributed by atoms with van der Waals surface area (Å²) in [5, 5.41) is 1.29. The van der Waals surface area contributed by atoms with E-state index in [1.165, 1.54) is 41.4 Å². The molecule has 116 valence electrons. The minimum atomic E-state index is 0.446. The summed E-state index contributed by atoms with van der Waals surface area (Å²) in [6.07, 6.45) is 5.95. The maximum Gasteiger partial charge on any atom is 0.0460 e. The van der Waals surface area contributed by atoms with Crippen molar-refractivity contribution in [3.63, 3.8) is 0 Å². The third-order valence-corrected chi connectivity index (χ3v) is 5.67. The molecule has 2 atom stereocenters. The number of fused-ring (bicyclic) bond motifs is 3. The number of hydrogen-bond acceptors (Lipinski definition) is 1. The highest BCUT2D eigenvalue weighted by Crippen LogP contribution is 2.54. The molecule has 2 aromatic rings. The van der Waals surface area contributed by atoms with Gasteiger partial charge >= 0.3 is 0 Å². The van der Waals surface area contributed by atoms with E-state index in [2.05, 4.69) is 61.5 Å². The van der Waals surface area contributed by atoms with E-state index in [1.54, 1.807) is 0 Å². The topological polar surface area (TPSA) is 19.0 Å². The molecule has 2 heteroatoms. The van der Waals surface area contributed by atoms with Crippen molar-refractivity contribution in [2.45, 2.75) is 46.1 Å². The van der Waals surface area contributed by atoms with Crippen molar-refractivity contribution < 1.29 is 0 Å². The molecule has 2 unspecified atom stereocenters. The Bertz CT molecular complexity index is 739. The summed E-state index contributed by atoms with van der Waals surface area (Å²) in [6.45, 7) is 13.0. The first kappa shape index (κ1) is 13.9. The molecule has 0 radical (unpaired) electrons. The van der Waals surface area contributed by atoms with Gasteiger partial charge in [-0.25, -0.2) is 0 Å². The molecule has 2 fully saturated rings. The van der Waals surface area contributed by atoms with Crippen LogP contribution in [0.15, 0.2) is 37.0 Å². The summed E-state index contributed by atoms with van der Waals surface area (Å²) >= 11 is 0. The lowest BCUT2D eigenvalue weighted by molar-refractivity contribution is 0.132. The van der Waals surface area contributed by atoms with Gasteiger partial charge in [0, 0.05) is 40.9 Å². The average molecular weight is 294 g/mol. The van der Waals surface area contributed by atoms with Crippen LogP contribution in [0.1, 0.15) is 45.6 Å². The van der Waals surface area contributed by atoms with Crippen LogP contribution in [0, 0.1) is 10.8 Å². The molecule has 22 heavy (non-hydrogen) atoms. The number of nitrogens with one attached hydrogen (secondary N) is 1. The van der Waals surface area contributed by atoms with E-state index in [0.717, 1.165) is 6.54 Å². The fourth-order valence-corrected chi connectivity index (χ4v) is 5.27. The van der Waals surface area contributed by atoms with Crippen molar-refractivity contribution in [1.29, 1.82) is 0 Å². The van der Waals surface area contributed by atoms with Crippen LogP contribution in [0.2, 0.25) is 0 Å². The van der Waals surface area contributed by atoms with E-state index < -0.39 is 0 Å². The minimum Gasteiger partial charge on any atom is -0.368 e. The van der Waals surface area contributed by atoms with Gasteiger partial charge in [-0.3, -0.25) is 0 Å². The van der Waals surface area contributed by atoms with E-state index in [1.807, 2.05) is 6.20 Å². The molecule has 1 aromatic carbocycles. The lowest BCUT2D eigenvalue weighted by Gasteiger charge is -2.39. The summed E-state index contributed by atoms with van der Waals surface area (Å²) in [5.74, 6) is 0. The third-order valence-electron chi connectivity index (χ3n) is 5.67. The van der Waals surface area contributed by atoms with E-state index in [9.17, 15) is 0 Å². The highest BCUT2D eigenvalue weighted by atomic mass is 15.2. The van der Waals surface area contributed by atoms with Crippen molar-refractivity contribution in [3.05, 3.63) is 42.6 Å². The molecule has 1 aromatic heterocycles. The summed E-state index contributed by atoms with van der Waals surface area (Å²) < 4.78 is 0. The first-order valence-electron chi connectivity index (χ1n) is 8.39. The number of rotatable bonds is 2. The van der Waals surface area contributed by atoms with Crippen LogP contribution in [0.5, 0.6) is 0 Å². The maximum absolute atomic E-state index is 4.49. The zero-order valence-electron chi connectivity index (χ0n) is 13.9. The fourth-order valence-electron chi connectivity index (χ4n) is 5.27. The van der Waals surface area contributed by atoms with Gasteiger partial charge in [0.05, 0.1) is 0 Å². The van der Waals surface area contributed by atoms with Crippen LogP contribution >= 0.6 is 0 Å². The van der Waals surface area contributed by atoms with E-state index in [-0.39, 0.29) is 0 Å². The Morgan fingerprint density at radius 3 is 2.86 bits per heavy atom. The Balaban J connectivity index is 1.71. The molecule has 1 N–H and O–H groups in total. The van der Waals surface area contributed by atoms with Gasteiger partial charge < -0.3 is 9.88 Å². The van der Waals surface area contributed by atoms with Crippen LogP contribution in [-0.4, -0.2) is 22.5 Å². The van der Waals surface area contributed by atoms with Crippen LogP contribution in [0.3, 0.4) is 0 Å². The maximum atomic E-state index is 4.49. The lowest BCUT2D eigenvalue weighted by atomic mass is 9.65. The van der Waals surface area contributed by atoms with Crippen LogP contribution in [-0.2, 0) is 0 Å². The van der Waals surface area contributed by atoms with Gasteiger partial charge in [-0.05, 0) is 42.2 Å². The highest BCUT2D eigenvalue weighted by molar-refractivity contribution is 5.91. The summed E-state index contributed by atoms with van der Waals surface area (Å²) in [4.78, 5) is 5.91. The Labute approximate surface area is 133 Å². The van der Waals surface area contributed by atoms with E-state index in [0.29, 0.717) is 16.9 Å². The van der Waals surface area contributed by atoms with E-state index in [4.69, 9.17) is 0 Å². The molecule has 2 aliphatic rings. The van der Waals surface area contributed by atoms with Gasteiger partial charge in [0.2, 0.25) is 0 Å². The number of aromatic amines is 1. The quantitative estimate of drug-likeness (QED) is 0.822. The van der Waals surface area contributed by atoms with Gasteiger partial charge in [0.25, 0.3) is 0 Å². The third kappa shape index (κ3) is 2.08. The smallest absolute Gasteiger partial charge is 0.0460 e. The van der Waals surface area contributed by atoms with Gasteiger partial charge in [-0.15, -0.1) is 0 Å². The summed E-state index contributed by atoms with van der Waals surface area (Å²) in [5.41, 5.74) is 4.59. The number of hydrogen-bond donors (Lipinski definition) is 1. The normalized spacial score (nSPS) is 30.0. The largest absolute Gasteiger partial charge is 0.368 e. The van der Waals surface area contributed by atoms with Crippen LogP contribution in [0.4, 0.5) is 0 Å². The standard InChI is InChI=1S/C20H26N2/c1-14(16-6-5-7-18-17(16)8-9-21-18)22-13-20(4)11-15(22)10-19(2,3)12-20/h5-9,15,21H,1,10-13H2,2-4H3. The molecule has 1 aliphatic carbocycles. The molecule has 1 aliphatic heterocycles. The second kappa shape index (κ2) is 4.41. The van der Waals surface area contributed by atoms with Crippen molar-refractivity contribution >= 4 is 16.6 Å². The molecule has 4 rings (SSSR count). The predicted molar refractivity (Wildman–Crippen MR) is 93.6 cm³/mol. The molecule has 0 amide bonds. The zero-order chi connectivity index (χ0) is 15.5. The SMILES string of the molecule is C=C(c1cccc2[nH]ccc12)N1CC2(C)CC1CC(C)(C)C2. The molecular weight excluding hydrogens is 268 g/mol. The molecule has 2 nitrogen and oxygen atoms in total. The first-order valence-corrected chi connectivity index (χ1v) is 8.39. The Kier molecular flexibility index (Phi) is 2.79. The molecule has 2 bridgehead atoms. The average Bonchev–Trinajstić information content (AvgIpc) is 2.98. The molecule has 0 spiro atoms. The number of likely N-dealkylation sites (tertiary alicyclic amines) is 1. The minimum absolute atomic E-state index is 0.446. The monoisotopic (exact) mass is 294 g/mol. The summed E-state index contributed by atoms with van der Waals surface area (Å²) in [7, 11) is 0. The fraction of sp³-hybridized carbons (Fsp3) is 0.500. The number of benzene rings is 1. The number of aromatic nitrogens is 1. The second-order valence-corrected chi connectivity index (χ2v) is 8.53. The molecule has 2 heterocycles. The van der Waals surface area contributed by atoms with Crippen molar-refractivity contribution in [2.24, 2.45) is 10.8 Å². The zero-order valence-corrected chi connectivity index (χ0v) is 13.9. The predicted octanol–water partition coefficient (Wildman–Crippen LogP) is 5.04. The second-order valence-electron chi connectivity index (χ2n) is 8.53. The van der Waals surface area contributed by atoms with Crippen molar-refractivity contribution in [3.8, 4) is 0 Å². The molecule has 1 saturated heterocycles. The van der Waals surface area contributed by atoms with Gasteiger partial charge in [-0.2, -0.15) is 0 Å². The van der Waals surface area contributed by atoms with E-state index >= 15 is 0 Å². The van der Waals surface area contributed by atoms with Gasteiger partial charge in [0.1, 0.15) is 0 Å². The first-order chi connectivity index (χ1) is 10.4. The van der Waals surface area contributed by atoms with Gasteiger partial charge in [0.15, 0.2) is 0 Å². The van der Waals surface area contributed by atoms with Crippen molar-refractivity contribution in [2.75, 3.05) is 6.54 Å². The molecule has 1 saturated carbocycles. The Hall–Kier alpha value is -1.70. The lowest BCUT2D eigenvalue weighted by Crippen LogP contribution is -2.34. The molecular formula is C20H26N2. The Morgan fingerprint density at radius 1 is 1.23 bits per heavy atom. The highest BCUT2D eigenvalue weighted by Gasteiger charge is 2.49. The number of nitrogens with zero attached hydrogens (tertiary/aromatic N) is 1. The van der Waals surface area contributed by atoms with Crippen LogP contribution < -0.4 is 0 Å².